The predicted octanol–water partition coefficient (Wildman–Crippen LogP) is 3.28. The third-order valence-corrected chi connectivity index (χ3v) is 3.57. The van der Waals surface area contributed by atoms with Crippen molar-refractivity contribution in [2.45, 2.75) is 65.5 Å². The van der Waals surface area contributed by atoms with Crippen LogP contribution in [0.5, 0.6) is 0 Å². The minimum absolute atomic E-state index is 0. The van der Waals surface area contributed by atoms with Crippen LogP contribution >= 0.6 is 0 Å². The molecule has 0 aromatic heterocycles. The SMILES string of the molecule is C.C.C.C.C.C.C.C.C=CC(CN)OCC(COCCN)(COCCOCN)COCCOCN.C=O. The Kier molecular flexibility index (Phi) is 91.0. The summed E-state index contributed by atoms with van der Waals surface area (Å²) < 4.78 is 33.2. The van der Waals surface area contributed by atoms with Gasteiger partial charge in [-0.1, -0.05) is 65.5 Å². The molecule has 0 radical (unpaired) electrons. The number of hydrogen-bond donors (Lipinski definition) is 4. The molecule has 0 spiro atoms. The molecule has 0 saturated carbocycles. The van der Waals surface area contributed by atoms with Gasteiger partial charge in [-0.2, -0.15) is 0 Å². The molecule has 8 N–H and O–H groups in total. The van der Waals surface area contributed by atoms with E-state index in [0.29, 0.717) is 72.6 Å². The van der Waals surface area contributed by atoms with Crippen molar-refractivity contribution in [2.24, 2.45) is 28.3 Å². The summed E-state index contributed by atoms with van der Waals surface area (Å²) in [6.07, 6.45) is 1.40. The Morgan fingerprint density at radius 1 is 0.595 bits per heavy atom. The predicted molar refractivity (Wildman–Crippen MR) is 164 cm³/mol. The summed E-state index contributed by atoms with van der Waals surface area (Å²) in [4.78, 5) is 8.00. The van der Waals surface area contributed by atoms with Crippen molar-refractivity contribution in [3.63, 3.8) is 0 Å². The summed E-state index contributed by atoms with van der Waals surface area (Å²) in [6, 6.07) is 0. The van der Waals surface area contributed by atoms with E-state index in [2.05, 4.69) is 6.58 Å². The van der Waals surface area contributed by atoms with Gasteiger partial charge in [0.1, 0.15) is 6.79 Å². The van der Waals surface area contributed by atoms with Crippen LogP contribution in [0, 0.1) is 5.41 Å². The molecule has 1 unspecified atom stereocenters. The van der Waals surface area contributed by atoms with Crippen LogP contribution in [0.25, 0.3) is 0 Å². The first-order valence-electron chi connectivity index (χ1n) is 9.40. The fourth-order valence-corrected chi connectivity index (χ4v) is 2.12. The molecule has 1 atom stereocenters. The maximum absolute atomic E-state index is 8.00. The summed E-state index contributed by atoms with van der Waals surface area (Å²) in [6.45, 7) is 10.2. The zero-order valence-electron chi connectivity index (χ0n) is 17.4. The van der Waals surface area contributed by atoms with Gasteiger partial charge in [0.15, 0.2) is 0 Å². The van der Waals surface area contributed by atoms with E-state index < -0.39 is 5.41 Å². The molecule has 0 saturated heterocycles. The van der Waals surface area contributed by atoms with Crippen LogP contribution in [0.15, 0.2) is 12.7 Å². The van der Waals surface area contributed by atoms with Crippen molar-refractivity contribution in [3.05, 3.63) is 12.7 Å². The van der Waals surface area contributed by atoms with Gasteiger partial charge in [-0.15, -0.1) is 6.58 Å². The first kappa shape index (κ1) is 65.2. The highest BCUT2D eigenvalue weighted by molar-refractivity contribution is 5.11. The standard InChI is InChI=1S/C17H38N4O6.CH2O.8CH4/c1-2-16(9-19)27-13-17(10-22-4-3-18,11-23-5-7-25-14-20)12-24-6-8-26-15-21;1-2;;;;;;;;/h2,16H,1,3-15,18-21H2;1H2;8*1H4. The molecule has 11 heteroatoms. The maximum atomic E-state index is 8.00. The summed E-state index contributed by atoms with van der Waals surface area (Å²) in [5, 5.41) is 0. The minimum atomic E-state index is -0.545. The Balaban J connectivity index is -0.0000000887. The monoisotopic (exact) mass is 553 g/mol. The summed E-state index contributed by atoms with van der Waals surface area (Å²) in [5.74, 6) is 0. The van der Waals surface area contributed by atoms with E-state index >= 15 is 0 Å². The first-order chi connectivity index (χ1) is 14.2. The third-order valence-electron chi connectivity index (χ3n) is 3.57. The van der Waals surface area contributed by atoms with Crippen LogP contribution in [0.2, 0.25) is 0 Å². The normalized spacial score (nSPS) is 9.62. The van der Waals surface area contributed by atoms with Crippen LogP contribution in [0.4, 0.5) is 0 Å². The quantitative estimate of drug-likeness (QED) is 0.0933. The van der Waals surface area contributed by atoms with Gasteiger partial charge < -0.3 is 56.2 Å². The lowest BCUT2D eigenvalue weighted by Gasteiger charge is -2.34. The summed E-state index contributed by atoms with van der Waals surface area (Å²) in [7, 11) is 0. The molecule has 0 amide bonds. The van der Waals surface area contributed by atoms with Crippen molar-refractivity contribution < 1.29 is 33.2 Å². The lowest BCUT2D eigenvalue weighted by molar-refractivity contribution is -0.119. The van der Waals surface area contributed by atoms with Gasteiger partial charge in [0.05, 0.1) is 84.4 Å². The van der Waals surface area contributed by atoms with E-state index in [1.807, 2.05) is 6.79 Å². The molecular weight excluding hydrogens is 480 g/mol. The van der Waals surface area contributed by atoms with E-state index in [9.17, 15) is 0 Å². The largest absolute Gasteiger partial charge is 0.379 e. The number of ether oxygens (including phenoxy) is 6. The Morgan fingerprint density at radius 2 is 0.946 bits per heavy atom. The van der Waals surface area contributed by atoms with Gasteiger partial charge in [-0.25, -0.2) is 0 Å². The number of nitrogens with two attached hydrogens (primary N) is 4. The number of carbonyl (C=O) groups excluding carboxylic acids is 1. The molecule has 0 bridgehead atoms. The van der Waals surface area contributed by atoms with Crippen LogP contribution in [0.1, 0.15) is 59.4 Å². The Hall–Kier alpha value is -0.990. The molecule has 0 aliphatic rings. The second-order valence-electron chi connectivity index (χ2n) is 5.92. The average molecular weight is 553 g/mol. The van der Waals surface area contributed by atoms with E-state index in [1.54, 1.807) is 6.08 Å². The first-order valence-corrected chi connectivity index (χ1v) is 9.40. The van der Waals surface area contributed by atoms with E-state index in [1.165, 1.54) is 0 Å². The molecule has 238 valence electrons. The van der Waals surface area contributed by atoms with E-state index in [-0.39, 0.29) is 79.0 Å². The zero-order chi connectivity index (χ0) is 22.2. The Labute approximate surface area is 232 Å². The van der Waals surface area contributed by atoms with Crippen LogP contribution in [-0.4, -0.2) is 98.9 Å². The zero-order valence-corrected chi connectivity index (χ0v) is 17.4. The van der Waals surface area contributed by atoms with Crippen LogP contribution < -0.4 is 22.9 Å². The average Bonchev–Trinajstić information content (AvgIpc) is 2.75. The van der Waals surface area contributed by atoms with E-state index in [0.717, 1.165) is 0 Å². The second kappa shape index (κ2) is 51.6. The fourth-order valence-electron chi connectivity index (χ4n) is 2.12. The van der Waals surface area contributed by atoms with Crippen LogP contribution in [-0.2, 0) is 33.2 Å². The highest BCUT2D eigenvalue weighted by Gasteiger charge is 2.33. The lowest BCUT2D eigenvalue weighted by Crippen LogP contribution is -2.44. The van der Waals surface area contributed by atoms with Gasteiger partial charge in [-0.3, -0.25) is 0 Å². The number of carbonyl (C=O) groups is 1. The van der Waals surface area contributed by atoms with Gasteiger partial charge in [0.25, 0.3) is 0 Å². The summed E-state index contributed by atoms with van der Waals surface area (Å²) >= 11 is 0. The minimum Gasteiger partial charge on any atom is -0.379 e. The highest BCUT2D eigenvalue weighted by atomic mass is 16.5. The van der Waals surface area contributed by atoms with Gasteiger partial charge in [-0.05, 0) is 0 Å². The van der Waals surface area contributed by atoms with Crippen molar-refractivity contribution in [1.82, 2.24) is 0 Å². The molecule has 0 aliphatic carbocycles. The third kappa shape index (κ3) is 39.7. The number of rotatable bonds is 21. The molecule has 0 aliphatic heterocycles. The van der Waals surface area contributed by atoms with Gasteiger partial charge >= 0.3 is 0 Å². The topological polar surface area (TPSA) is 177 Å². The molecule has 0 aromatic carbocycles. The maximum Gasteiger partial charge on any atom is 0.106 e. The van der Waals surface area contributed by atoms with Gasteiger partial charge in [0, 0.05) is 13.1 Å². The molecule has 37 heavy (non-hydrogen) atoms. The Bertz CT molecular complexity index is 345. The van der Waals surface area contributed by atoms with Gasteiger partial charge in [0.2, 0.25) is 0 Å². The molecule has 0 fully saturated rings. The smallest absolute Gasteiger partial charge is 0.106 e. The molecule has 0 aromatic rings. The van der Waals surface area contributed by atoms with Crippen molar-refractivity contribution in [1.29, 1.82) is 0 Å². The lowest BCUT2D eigenvalue weighted by atomic mass is 9.92. The molecular formula is C26H72N4O7. The number of hydrogen-bond acceptors (Lipinski definition) is 11. The molecule has 0 rings (SSSR count). The van der Waals surface area contributed by atoms with Crippen molar-refractivity contribution in [2.75, 3.05) is 86.0 Å². The van der Waals surface area contributed by atoms with Crippen molar-refractivity contribution >= 4 is 6.79 Å². The van der Waals surface area contributed by atoms with E-state index in [4.69, 9.17) is 56.2 Å². The van der Waals surface area contributed by atoms with Crippen molar-refractivity contribution in [3.8, 4) is 0 Å². The molecule has 0 heterocycles. The Morgan fingerprint density at radius 3 is 1.24 bits per heavy atom. The van der Waals surface area contributed by atoms with Crippen LogP contribution in [0.3, 0.4) is 0 Å². The second-order valence-corrected chi connectivity index (χ2v) is 5.92. The highest BCUT2D eigenvalue weighted by Crippen LogP contribution is 2.21. The fraction of sp³-hybridized carbons (Fsp3) is 0.885. The molecule has 11 nitrogen and oxygen atoms in total. The summed E-state index contributed by atoms with van der Waals surface area (Å²) in [5.41, 5.74) is 21.3.